The van der Waals surface area contributed by atoms with Crippen molar-refractivity contribution in [1.29, 1.82) is 0 Å². The number of amides is 1. The molecule has 2 aromatic rings. The molecule has 4 aliphatic rings. The number of ketones is 1. The molecule has 58 heavy (non-hydrogen) atoms. The third kappa shape index (κ3) is 8.70. The van der Waals surface area contributed by atoms with Gasteiger partial charge in [0, 0.05) is 73.3 Å². The third-order valence-electron chi connectivity index (χ3n) is 12.2. The second-order valence-electron chi connectivity index (χ2n) is 16.3. The van der Waals surface area contributed by atoms with Gasteiger partial charge in [-0.15, -0.1) is 0 Å². The molecule has 2 aromatic carbocycles. The topological polar surface area (TPSA) is 205 Å². The van der Waals surface area contributed by atoms with E-state index in [1.54, 1.807) is 46.8 Å². The van der Waals surface area contributed by atoms with E-state index in [1.165, 1.54) is 46.3 Å². The number of ether oxygens (including phenoxy) is 4. The summed E-state index contributed by atoms with van der Waals surface area (Å²) in [7, 11) is 1.45. The SMILES string of the molecule is CO[C@H]1C=CO[C@@]2(C)Oc3c(C)c(O)c4c(O)c(c(CCN5CCCCC5)c(O)c4c3C2=O)NC(=O)C(C)=CC=C[C@H](C)[C@H](O)[C@@H](C)[C@@H](O)[C@@H](C)[C@H](OC(C)=O)[C@@H]1C. The highest BCUT2D eigenvalue weighted by Crippen LogP contribution is 2.55. The van der Waals surface area contributed by atoms with E-state index in [9.17, 15) is 39.9 Å². The molecule has 0 aliphatic carbocycles. The Morgan fingerprint density at radius 1 is 0.931 bits per heavy atom. The first-order chi connectivity index (χ1) is 27.3. The fourth-order valence-electron chi connectivity index (χ4n) is 8.48. The van der Waals surface area contributed by atoms with E-state index in [2.05, 4.69) is 10.2 Å². The van der Waals surface area contributed by atoms with E-state index >= 15 is 0 Å². The van der Waals surface area contributed by atoms with Crippen molar-refractivity contribution in [3.63, 3.8) is 0 Å². The molecule has 6 rings (SSSR count). The van der Waals surface area contributed by atoms with Crippen LogP contribution in [0.5, 0.6) is 23.0 Å². The number of aromatic hydroxyl groups is 3. The van der Waals surface area contributed by atoms with Crippen LogP contribution in [0.25, 0.3) is 10.8 Å². The van der Waals surface area contributed by atoms with Crippen molar-refractivity contribution in [2.75, 3.05) is 32.1 Å². The van der Waals surface area contributed by atoms with Crippen LogP contribution in [0.1, 0.15) is 89.2 Å². The first-order valence-corrected chi connectivity index (χ1v) is 20.1. The molecular weight excluding hydrogens is 748 g/mol. The molecular formula is C44H60N2O12. The van der Waals surface area contributed by atoms with E-state index in [0.717, 1.165) is 32.4 Å². The van der Waals surface area contributed by atoms with Crippen LogP contribution in [-0.2, 0) is 30.2 Å². The van der Waals surface area contributed by atoms with Gasteiger partial charge in [-0.05, 0) is 52.3 Å². The van der Waals surface area contributed by atoms with Crippen LogP contribution in [0.4, 0.5) is 5.69 Å². The van der Waals surface area contributed by atoms with Gasteiger partial charge in [-0.25, -0.2) is 0 Å². The quantitative estimate of drug-likeness (QED) is 0.121. The fraction of sp³-hybridized carbons (Fsp3) is 0.568. The zero-order chi connectivity index (χ0) is 42.8. The highest BCUT2D eigenvalue weighted by molar-refractivity contribution is 6.22. The Labute approximate surface area is 340 Å². The molecule has 14 nitrogen and oxygen atoms in total. The number of phenols is 3. The Balaban J connectivity index is 1.68. The number of fused-ring (bicyclic) bond motifs is 14. The van der Waals surface area contributed by atoms with Crippen LogP contribution in [0.15, 0.2) is 36.1 Å². The van der Waals surface area contributed by atoms with Crippen molar-refractivity contribution in [2.24, 2.45) is 23.7 Å². The second kappa shape index (κ2) is 18.1. The minimum Gasteiger partial charge on any atom is -0.507 e. The summed E-state index contributed by atoms with van der Waals surface area (Å²) in [5, 5.41) is 60.9. The van der Waals surface area contributed by atoms with E-state index in [-0.39, 0.29) is 50.9 Å². The molecule has 0 aromatic heterocycles. The number of Topliss-reactive ketones (excluding diaryl/α,β-unsaturated/α-hetero) is 1. The first kappa shape index (κ1) is 44.5. The second-order valence-corrected chi connectivity index (χ2v) is 16.3. The van der Waals surface area contributed by atoms with Gasteiger partial charge in [-0.3, -0.25) is 14.4 Å². The van der Waals surface area contributed by atoms with E-state index in [0.29, 0.717) is 6.54 Å². The average Bonchev–Trinajstić information content (AvgIpc) is 3.46. The number of rotatable bonds is 5. The van der Waals surface area contributed by atoms with Gasteiger partial charge in [0.25, 0.3) is 11.7 Å². The van der Waals surface area contributed by atoms with Gasteiger partial charge in [0.05, 0.1) is 41.2 Å². The zero-order valence-electron chi connectivity index (χ0n) is 35.0. The van der Waals surface area contributed by atoms with Crippen molar-refractivity contribution in [2.45, 2.75) is 111 Å². The van der Waals surface area contributed by atoms with Crippen LogP contribution in [0, 0.1) is 30.6 Å². The maximum Gasteiger partial charge on any atom is 0.312 e. The van der Waals surface area contributed by atoms with Gasteiger partial charge in [0.2, 0.25) is 0 Å². The molecule has 0 unspecified atom stereocenters. The molecule has 0 saturated carbocycles. The van der Waals surface area contributed by atoms with Crippen molar-refractivity contribution in [3.8, 4) is 23.0 Å². The summed E-state index contributed by atoms with van der Waals surface area (Å²) in [6.07, 6.45) is 7.10. The van der Waals surface area contributed by atoms with Crippen molar-refractivity contribution in [1.82, 2.24) is 4.90 Å². The summed E-state index contributed by atoms with van der Waals surface area (Å²) in [6, 6.07) is 0. The van der Waals surface area contributed by atoms with Gasteiger partial charge in [-0.2, -0.15) is 0 Å². The third-order valence-corrected chi connectivity index (χ3v) is 12.2. The van der Waals surface area contributed by atoms with Gasteiger partial charge in [-0.1, -0.05) is 52.3 Å². The molecule has 5 bridgehead atoms. The van der Waals surface area contributed by atoms with Crippen LogP contribution in [-0.4, -0.2) is 105 Å². The molecule has 318 valence electrons. The van der Waals surface area contributed by atoms with E-state index in [4.69, 9.17) is 18.9 Å². The van der Waals surface area contributed by atoms with Crippen LogP contribution < -0.4 is 10.1 Å². The van der Waals surface area contributed by atoms with E-state index < -0.39 is 88.8 Å². The zero-order valence-corrected chi connectivity index (χ0v) is 35.0. The number of nitrogens with one attached hydrogen (secondary N) is 1. The molecule has 4 heterocycles. The first-order valence-electron chi connectivity index (χ1n) is 20.1. The number of nitrogens with zero attached hydrogens (tertiary/aromatic N) is 1. The van der Waals surface area contributed by atoms with Crippen LogP contribution in [0.3, 0.4) is 0 Å². The lowest BCUT2D eigenvalue weighted by Crippen LogP contribution is -2.46. The standard InChI is InChI=1S/C44H60N2O12/c1-22-14-13-15-23(2)43(54)45-34-29(16-20-46-18-11-10-12-19-46)38(51)31-32(39(34)52)37(50)27(6)41-33(31)42(53)44(8,58-41)56-21-17-30(55-9)24(3)40(57-28(7)47)26(5)36(49)25(4)35(22)48/h13-15,17,21-22,24-26,30,35-36,40,48-52H,10-12,16,18-20H2,1-9H3,(H,45,54)/t22-,24+,25+,26+,30-,35-,36+,40+,44-/m0/s1. The Morgan fingerprint density at radius 2 is 1.60 bits per heavy atom. The molecule has 1 fully saturated rings. The monoisotopic (exact) mass is 808 g/mol. The highest BCUT2D eigenvalue weighted by Gasteiger charge is 2.50. The van der Waals surface area contributed by atoms with Crippen LogP contribution >= 0.6 is 0 Å². The van der Waals surface area contributed by atoms with Gasteiger partial charge in [0.1, 0.15) is 23.4 Å². The number of carbonyl (C=O) groups is 3. The molecule has 9 atom stereocenters. The molecule has 14 heteroatoms. The Hall–Kier alpha value is -4.63. The predicted octanol–water partition coefficient (Wildman–Crippen LogP) is 5.78. The number of hydrogen-bond acceptors (Lipinski definition) is 13. The fourth-order valence-corrected chi connectivity index (χ4v) is 8.48. The van der Waals surface area contributed by atoms with Crippen molar-refractivity contribution < 1.29 is 58.9 Å². The number of aliphatic hydroxyl groups excluding tert-OH is 2. The summed E-state index contributed by atoms with van der Waals surface area (Å²) < 4.78 is 23.7. The lowest BCUT2D eigenvalue weighted by molar-refractivity contribution is -0.160. The number of phenolic OH excluding ortho intramolecular Hbond substituents is 3. The summed E-state index contributed by atoms with van der Waals surface area (Å²) >= 11 is 0. The van der Waals surface area contributed by atoms with Gasteiger partial charge in [0.15, 0.2) is 5.75 Å². The summed E-state index contributed by atoms with van der Waals surface area (Å²) in [6.45, 7) is 14.9. The Bertz CT molecular complexity index is 1980. The number of methoxy groups -OCH3 is 1. The Morgan fingerprint density at radius 3 is 2.24 bits per heavy atom. The summed E-state index contributed by atoms with van der Waals surface area (Å²) in [5.41, 5.74) is 0.278. The maximum atomic E-state index is 14.4. The lowest BCUT2D eigenvalue weighted by atomic mass is 9.78. The number of likely N-dealkylation sites (tertiary alicyclic amines) is 1. The van der Waals surface area contributed by atoms with Crippen molar-refractivity contribution >= 4 is 34.1 Å². The number of piperidine rings is 1. The highest BCUT2D eigenvalue weighted by atomic mass is 16.7. The number of allylic oxidation sites excluding steroid dienone is 2. The molecule has 0 radical (unpaired) electrons. The average molecular weight is 809 g/mol. The molecule has 1 saturated heterocycles. The van der Waals surface area contributed by atoms with E-state index in [1.807, 2.05) is 0 Å². The Kier molecular flexibility index (Phi) is 13.9. The molecule has 1 amide bonds. The molecule has 6 N–H and O–H groups in total. The number of carbonyl (C=O) groups excluding carboxylic acids is 3. The van der Waals surface area contributed by atoms with Crippen molar-refractivity contribution in [3.05, 3.63) is 52.8 Å². The summed E-state index contributed by atoms with van der Waals surface area (Å²) in [4.78, 5) is 42.7. The molecule has 4 aliphatic heterocycles. The lowest BCUT2D eigenvalue weighted by Gasteiger charge is -2.38. The predicted molar refractivity (Wildman–Crippen MR) is 218 cm³/mol. The maximum absolute atomic E-state index is 14.4. The number of benzene rings is 2. The summed E-state index contributed by atoms with van der Waals surface area (Å²) in [5.74, 6) is -7.74. The minimum absolute atomic E-state index is 0.0459. The molecule has 0 spiro atoms. The van der Waals surface area contributed by atoms with Crippen LogP contribution in [0.2, 0.25) is 0 Å². The largest absolute Gasteiger partial charge is 0.507 e. The number of esters is 1. The number of aliphatic hydroxyl groups is 2. The number of hydrogen-bond donors (Lipinski definition) is 6. The number of anilines is 1. The minimum atomic E-state index is -2.00. The van der Waals surface area contributed by atoms with Gasteiger partial charge >= 0.3 is 11.8 Å². The smallest absolute Gasteiger partial charge is 0.312 e. The van der Waals surface area contributed by atoms with Gasteiger partial charge < -0.3 is 54.7 Å². The normalized spacial score (nSPS) is 30.2.